The van der Waals surface area contributed by atoms with E-state index in [2.05, 4.69) is 29.0 Å². The summed E-state index contributed by atoms with van der Waals surface area (Å²) in [6.45, 7) is 12.3. The van der Waals surface area contributed by atoms with Crippen molar-refractivity contribution in [1.29, 1.82) is 0 Å². The predicted octanol–water partition coefficient (Wildman–Crippen LogP) is 2.96. The highest BCUT2D eigenvalue weighted by Gasteiger charge is 2.17. The molecule has 0 aliphatic heterocycles. The van der Waals surface area contributed by atoms with Gasteiger partial charge in [-0.25, -0.2) is 9.78 Å². The minimum Gasteiger partial charge on any atom is -0.323 e. The van der Waals surface area contributed by atoms with Crippen molar-refractivity contribution in [1.82, 2.24) is 29.4 Å². The Morgan fingerprint density at radius 2 is 1.91 bits per heavy atom. The van der Waals surface area contributed by atoms with Crippen LogP contribution in [0.4, 0.5) is 4.79 Å². The highest BCUT2D eigenvalue weighted by Crippen LogP contribution is 2.30. The van der Waals surface area contributed by atoms with E-state index in [1.165, 1.54) is 22.8 Å². The molecule has 0 unspecified atom stereocenters. The molecule has 2 heterocycles. The average Bonchev–Trinajstić information content (AvgIpc) is 3.10. The quantitative estimate of drug-likeness (QED) is 0.811. The second-order valence-electron chi connectivity index (χ2n) is 5.25. The lowest BCUT2D eigenvalue weighted by Gasteiger charge is -2.17. The summed E-state index contributed by atoms with van der Waals surface area (Å²) < 4.78 is 3.31. The van der Waals surface area contributed by atoms with Crippen LogP contribution in [0.25, 0.3) is 0 Å². The fourth-order valence-electron chi connectivity index (χ4n) is 2.37. The molecule has 0 spiro atoms. The number of amides is 1. The van der Waals surface area contributed by atoms with Crippen molar-refractivity contribution in [3.63, 3.8) is 0 Å². The smallest absolute Gasteiger partial charge is 0.323 e. The Bertz CT molecular complexity index is 674. The third-order valence-corrected chi connectivity index (χ3v) is 4.81. The van der Waals surface area contributed by atoms with E-state index in [0.29, 0.717) is 18.2 Å². The predicted molar refractivity (Wildman–Crippen MR) is 89.9 cm³/mol. The molecular weight excluding hydrogens is 312 g/mol. The maximum absolute atomic E-state index is 12.3. The first-order valence-electron chi connectivity index (χ1n) is 7.94. The van der Waals surface area contributed by atoms with E-state index in [0.717, 1.165) is 29.2 Å². The second kappa shape index (κ2) is 7.63. The summed E-state index contributed by atoms with van der Waals surface area (Å²) in [5.74, 6) is 0. The van der Waals surface area contributed by atoms with E-state index in [-0.39, 0.29) is 6.03 Å². The highest BCUT2D eigenvalue weighted by atomic mass is 32.2. The third kappa shape index (κ3) is 3.74. The molecule has 0 radical (unpaired) electrons. The molecule has 0 saturated heterocycles. The van der Waals surface area contributed by atoms with Gasteiger partial charge >= 0.3 is 6.03 Å². The summed E-state index contributed by atoms with van der Waals surface area (Å²) in [5, 5.41) is 9.41. The van der Waals surface area contributed by atoms with Gasteiger partial charge in [0.2, 0.25) is 5.16 Å². The van der Waals surface area contributed by atoms with Crippen LogP contribution in [0.5, 0.6) is 0 Å². The van der Waals surface area contributed by atoms with Crippen molar-refractivity contribution in [3.05, 3.63) is 17.7 Å². The molecule has 0 aliphatic carbocycles. The Labute approximate surface area is 141 Å². The number of hydrogen-bond acceptors (Lipinski definition) is 5. The lowest BCUT2D eigenvalue weighted by Crippen LogP contribution is -2.34. The molecule has 1 amide bonds. The van der Waals surface area contributed by atoms with E-state index in [1.54, 1.807) is 4.90 Å². The first kappa shape index (κ1) is 17.5. The van der Waals surface area contributed by atoms with Crippen LogP contribution in [0.2, 0.25) is 0 Å². The van der Waals surface area contributed by atoms with Crippen molar-refractivity contribution in [2.75, 3.05) is 13.1 Å². The van der Waals surface area contributed by atoms with Gasteiger partial charge in [-0.2, -0.15) is 9.78 Å². The number of aryl methyl sites for hydroxylation is 2. The van der Waals surface area contributed by atoms with Gasteiger partial charge < -0.3 is 4.90 Å². The molecule has 2 rings (SSSR count). The minimum absolute atomic E-state index is 0.149. The number of rotatable bonds is 6. The van der Waals surface area contributed by atoms with Crippen molar-refractivity contribution >= 4 is 17.8 Å². The van der Waals surface area contributed by atoms with Gasteiger partial charge in [-0.1, -0.05) is 6.92 Å². The number of hydrogen-bond donors (Lipinski definition) is 0. The molecule has 0 fully saturated rings. The number of carbonyl (C=O) groups is 1. The third-order valence-electron chi connectivity index (χ3n) is 3.64. The number of carbonyl (C=O) groups excluding carboxylic acids is 1. The maximum Gasteiger partial charge on any atom is 0.346 e. The Kier molecular flexibility index (Phi) is 5.81. The zero-order valence-corrected chi connectivity index (χ0v) is 15.2. The monoisotopic (exact) mass is 336 g/mol. The first-order valence-corrected chi connectivity index (χ1v) is 8.76. The molecule has 0 N–H and O–H groups in total. The van der Waals surface area contributed by atoms with Crippen LogP contribution in [-0.2, 0) is 6.54 Å². The second-order valence-corrected chi connectivity index (χ2v) is 6.23. The zero-order valence-electron chi connectivity index (χ0n) is 14.4. The van der Waals surface area contributed by atoms with E-state index in [4.69, 9.17) is 0 Å². The molecule has 2 aromatic heterocycles. The topological polar surface area (TPSA) is 68.8 Å². The van der Waals surface area contributed by atoms with Gasteiger partial charge in [0.15, 0.2) is 0 Å². The summed E-state index contributed by atoms with van der Waals surface area (Å²) in [7, 11) is 0. The molecule has 0 saturated carbocycles. The van der Waals surface area contributed by atoms with Crippen LogP contribution < -0.4 is 0 Å². The van der Waals surface area contributed by atoms with E-state index in [1.807, 2.05) is 25.5 Å². The molecule has 23 heavy (non-hydrogen) atoms. The van der Waals surface area contributed by atoms with Crippen LogP contribution in [-0.4, -0.2) is 48.6 Å². The minimum atomic E-state index is -0.149. The van der Waals surface area contributed by atoms with Crippen molar-refractivity contribution in [3.8, 4) is 0 Å². The fourth-order valence-corrected chi connectivity index (χ4v) is 3.23. The van der Waals surface area contributed by atoms with Gasteiger partial charge in [-0.3, -0.25) is 4.68 Å². The average molecular weight is 336 g/mol. The molecule has 2 aromatic rings. The molecule has 0 bridgehead atoms. The van der Waals surface area contributed by atoms with Crippen molar-refractivity contribution in [2.24, 2.45) is 0 Å². The van der Waals surface area contributed by atoms with Crippen LogP contribution in [0.15, 0.2) is 16.4 Å². The summed E-state index contributed by atoms with van der Waals surface area (Å²) in [6, 6.07) is -0.149. The molecular formula is C15H24N6OS. The largest absolute Gasteiger partial charge is 0.346 e. The van der Waals surface area contributed by atoms with Gasteiger partial charge in [0.1, 0.15) is 6.33 Å². The van der Waals surface area contributed by atoms with Crippen LogP contribution in [0, 0.1) is 13.8 Å². The van der Waals surface area contributed by atoms with E-state index in [9.17, 15) is 4.79 Å². The van der Waals surface area contributed by atoms with Gasteiger partial charge in [-0.05, 0) is 45.9 Å². The SMILES string of the molecule is CCCn1nc(C)c(Sc2ncn(C(=O)N(CC)CC)n2)c1C. The fraction of sp³-hybridized carbons (Fsp3) is 0.600. The summed E-state index contributed by atoms with van der Waals surface area (Å²) >= 11 is 1.46. The zero-order chi connectivity index (χ0) is 17.0. The van der Waals surface area contributed by atoms with Crippen molar-refractivity contribution in [2.45, 2.75) is 57.6 Å². The van der Waals surface area contributed by atoms with Gasteiger partial charge in [-0.15, -0.1) is 5.10 Å². The standard InChI is InChI=1S/C15H24N6OS/c1-6-9-20-12(5)13(11(4)17-20)23-14-16-10-21(18-14)15(22)19(7-2)8-3/h10H,6-9H2,1-5H3. The molecule has 0 aliphatic rings. The highest BCUT2D eigenvalue weighted by molar-refractivity contribution is 7.99. The number of nitrogens with zero attached hydrogens (tertiary/aromatic N) is 6. The Morgan fingerprint density at radius 3 is 2.52 bits per heavy atom. The Morgan fingerprint density at radius 1 is 1.22 bits per heavy atom. The molecule has 0 aromatic carbocycles. The van der Waals surface area contributed by atoms with E-state index < -0.39 is 0 Å². The summed E-state index contributed by atoms with van der Waals surface area (Å²) in [6.07, 6.45) is 2.52. The van der Waals surface area contributed by atoms with Gasteiger partial charge in [0, 0.05) is 25.3 Å². The molecule has 126 valence electrons. The molecule has 8 heteroatoms. The Balaban J connectivity index is 2.18. The Hall–Kier alpha value is -1.83. The van der Waals surface area contributed by atoms with Crippen LogP contribution >= 0.6 is 11.8 Å². The lowest BCUT2D eigenvalue weighted by molar-refractivity contribution is 0.201. The normalized spacial score (nSPS) is 11.0. The lowest BCUT2D eigenvalue weighted by atomic mass is 10.4. The summed E-state index contributed by atoms with van der Waals surface area (Å²) in [5.41, 5.74) is 2.08. The maximum atomic E-state index is 12.3. The molecule has 0 atom stereocenters. The van der Waals surface area contributed by atoms with Gasteiger partial charge in [0.05, 0.1) is 10.6 Å². The van der Waals surface area contributed by atoms with Crippen molar-refractivity contribution < 1.29 is 4.79 Å². The number of aromatic nitrogens is 5. The first-order chi connectivity index (χ1) is 11.0. The summed E-state index contributed by atoms with van der Waals surface area (Å²) in [4.78, 5) is 19.3. The van der Waals surface area contributed by atoms with E-state index >= 15 is 0 Å². The molecule has 7 nitrogen and oxygen atoms in total. The van der Waals surface area contributed by atoms with Gasteiger partial charge in [0.25, 0.3) is 0 Å². The van der Waals surface area contributed by atoms with Crippen LogP contribution in [0.1, 0.15) is 38.6 Å². The van der Waals surface area contributed by atoms with Crippen LogP contribution in [0.3, 0.4) is 0 Å².